The van der Waals surface area contributed by atoms with Crippen LogP contribution in [0.25, 0.3) is 0 Å². The fraction of sp³-hybridized carbons (Fsp3) is 0.722. The Hall–Kier alpha value is -1.89. The average Bonchev–Trinajstić information content (AvgIpc) is 3.21. The van der Waals surface area contributed by atoms with Crippen LogP contribution in [0, 0.1) is 11.8 Å². The van der Waals surface area contributed by atoms with E-state index < -0.39 is 0 Å². The molecule has 2 aliphatic rings. The van der Waals surface area contributed by atoms with Crippen LogP contribution >= 0.6 is 0 Å². The third-order valence-electron chi connectivity index (χ3n) is 5.43. The maximum absolute atomic E-state index is 12.9. The first-order valence-electron chi connectivity index (χ1n) is 9.12. The summed E-state index contributed by atoms with van der Waals surface area (Å²) in [6, 6.07) is 0. The summed E-state index contributed by atoms with van der Waals surface area (Å²) in [6.07, 6.45) is 4.13. The highest BCUT2D eigenvalue weighted by Crippen LogP contribution is 2.33. The van der Waals surface area contributed by atoms with Gasteiger partial charge in [-0.1, -0.05) is 13.8 Å². The van der Waals surface area contributed by atoms with E-state index >= 15 is 0 Å². The molecule has 3 rings (SSSR count). The Bertz CT molecular complexity index is 647. The van der Waals surface area contributed by atoms with Crippen molar-refractivity contribution >= 4 is 11.8 Å². The van der Waals surface area contributed by atoms with E-state index in [0.717, 1.165) is 18.5 Å². The van der Waals surface area contributed by atoms with E-state index in [1.807, 2.05) is 32.0 Å². The molecule has 0 radical (unpaired) electrons. The SMILES string of the molecule is CC(C)c1nn(C)cc1C(=O)N1CCC([C@H]2OCC[C@@H]2C(N)=O)CC1. The molecule has 138 valence electrons. The molecule has 25 heavy (non-hydrogen) atoms. The van der Waals surface area contributed by atoms with Crippen molar-refractivity contribution in [2.24, 2.45) is 24.6 Å². The molecule has 1 aromatic heterocycles. The van der Waals surface area contributed by atoms with Crippen molar-refractivity contribution < 1.29 is 14.3 Å². The number of carbonyl (C=O) groups excluding carboxylic acids is 2. The maximum atomic E-state index is 12.9. The van der Waals surface area contributed by atoms with E-state index in [1.165, 1.54) is 0 Å². The molecule has 7 heteroatoms. The van der Waals surface area contributed by atoms with Gasteiger partial charge < -0.3 is 15.4 Å². The topological polar surface area (TPSA) is 90.4 Å². The summed E-state index contributed by atoms with van der Waals surface area (Å²) in [5.74, 6) is 0.105. The number of amides is 2. The van der Waals surface area contributed by atoms with Gasteiger partial charge >= 0.3 is 0 Å². The van der Waals surface area contributed by atoms with Crippen molar-refractivity contribution in [1.82, 2.24) is 14.7 Å². The molecule has 2 atom stereocenters. The van der Waals surface area contributed by atoms with E-state index in [9.17, 15) is 9.59 Å². The summed E-state index contributed by atoms with van der Waals surface area (Å²) in [5.41, 5.74) is 7.05. The number of nitrogens with two attached hydrogens (primary N) is 1. The van der Waals surface area contributed by atoms with E-state index in [-0.39, 0.29) is 29.8 Å². The lowest BCUT2D eigenvalue weighted by atomic mass is 9.84. The summed E-state index contributed by atoms with van der Waals surface area (Å²) in [6.45, 7) is 6.06. The maximum Gasteiger partial charge on any atom is 0.257 e. The van der Waals surface area contributed by atoms with Crippen LogP contribution < -0.4 is 5.73 Å². The van der Waals surface area contributed by atoms with Crippen LogP contribution in [-0.2, 0) is 16.6 Å². The van der Waals surface area contributed by atoms with Gasteiger partial charge in [-0.25, -0.2) is 0 Å². The van der Waals surface area contributed by atoms with Gasteiger partial charge in [0, 0.05) is 32.9 Å². The number of hydrogen-bond donors (Lipinski definition) is 1. The van der Waals surface area contributed by atoms with Gasteiger partial charge in [-0.05, 0) is 31.1 Å². The highest BCUT2D eigenvalue weighted by molar-refractivity contribution is 5.95. The Morgan fingerprint density at radius 3 is 2.56 bits per heavy atom. The Morgan fingerprint density at radius 1 is 1.28 bits per heavy atom. The zero-order valence-corrected chi connectivity index (χ0v) is 15.3. The predicted molar refractivity (Wildman–Crippen MR) is 93.0 cm³/mol. The molecule has 2 aliphatic heterocycles. The van der Waals surface area contributed by atoms with Crippen LogP contribution in [0.1, 0.15) is 55.1 Å². The quantitative estimate of drug-likeness (QED) is 0.887. The lowest BCUT2D eigenvalue weighted by Gasteiger charge is -2.35. The van der Waals surface area contributed by atoms with Crippen LogP contribution in [0.5, 0.6) is 0 Å². The summed E-state index contributed by atoms with van der Waals surface area (Å²) >= 11 is 0. The molecule has 0 saturated carbocycles. The van der Waals surface area contributed by atoms with Crippen molar-refractivity contribution in [1.29, 1.82) is 0 Å². The predicted octanol–water partition coefficient (Wildman–Crippen LogP) is 1.29. The molecule has 0 spiro atoms. The Kier molecular flexibility index (Phi) is 5.13. The van der Waals surface area contributed by atoms with Crippen molar-refractivity contribution in [3.05, 3.63) is 17.5 Å². The minimum Gasteiger partial charge on any atom is -0.377 e. The monoisotopic (exact) mass is 348 g/mol. The molecule has 0 bridgehead atoms. The first kappa shape index (κ1) is 17.9. The molecule has 3 heterocycles. The van der Waals surface area contributed by atoms with E-state index in [1.54, 1.807) is 4.68 Å². The Balaban J connectivity index is 1.64. The number of likely N-dealkylation sites (tertiary alicyclic amines) is 1. The summed E-state index contributed by atoms with van der Waals surface area (Å²) in [7, 11) is 1.84. The molecule has 2 fully saturated rings. The molecule has 0 unspecified atom stereocenters. The lowest BCUT2D eigenvalue weighted by Crippen LogP contribution is -2.44. The van der Waals surface area contributed by atoms with Gasteiger partial charge in [0.25, 0.3) is 5.91 Å². The number of piperidine rings is 1. The standard InChI is InChI=1S/C18H28N4O3/c1-11(2)15-14(10-21(3)20-15)18(24)22-7-4-12(5-8-22)16-13(17(19)23)6-9-25-16/h10-13,16H,4-9H2,1-3H3,(H2,19,23)/t13-,16+/m0/s1. The molecule has 0 aromatic carbocycles. The van der Waals surface area contributed by atoms with Crippen LogP contribution in [0.2, 0.25) is 0 Å². The van der Waals surface area contributed by atoms with Gasteiger partial charge in [0.05, 0.1) is 23.3 Å². The van der Waals surface area contributed by atoms with E-state index in [4.69, 9.17) is 10.5 Å². The minimum absolute atomic E-state index is 0.0500. The first-order valence-corrected chi connectivity index (χ1v) is 9.12. The number of hydrogen-bond acceptors (Lipinski definition) is 4. The highest BCUT2D eigenvalue weighted by Gasteiger charge is 2.40. The fourth-order valence-corrected chi connectivity index (χ4v) is 4.08. The van der Waals surface area contributed by atoms with Crippen molar-refractivity contribution in [3.63, 3.8) is 0 Å². The zero-order chi connectivity index (χ0) is 18.1. The second-order valence-corrected chi connectivity index (χ2v) is 7.52. The van der Waals surface area contributed by atoms with Crippen LogP contribution in [0.4, 0.5) is 0 Å². The lowest BCUT2D eigenvalue weighted by molar-refractivity contribution is -0.124. The number of nitrogens with zero attached hydrogens (tertiary/aromatic N) is 3. The smallest absolute Gasteiger partial charge is 0.257 e. The third-order valence-corrected chi connectivity index (χ3v) is 5.43. The number of aromatic nitrogens is 2. The zero-order valence-electron chi connectivity index (χ0n) is 15.3. The van der Waals surface area contributed by atoms with Crippen molar-refractivity contribution in [2.75, 3.05) is 19.7 Å². The second-order valence-electron chi connectivity index (χ2n) is 7.52. The van der Waals surface area contributed by atoms with Gasteiger partial charge in [0.1, 0.15) is 0 Å². The normalized spacial score (nSPS) is 24.9. The Labute approximate surface area is 148 Å². The van der Waals surface area contributed by atoms with Gasteiger partial charge in [-0.15, -0.1) is 0 Å². The average molecular weight is 348 g/mol. The van der Waals surface area contributed by atoms with E-state index in [2.05, 4.69) is 5.10 Å². The van der Waals surface area contributed by atoms with Gasteiger partial charge in [-0.2, -0.15) is 5.10 Å². The van der Waals surface area contributed by atoms with Crippen LogP contribution in [-0.4, -0.2) is 52.3 Å². The van der Waals surface area contributed by atoms with Gasteiger partial charge in [0.2, 0.25) is 5.91 Å². The van der Waals surface area contributed by atoms with Crippen molar-refractivity contribution in [2.45, 2.75) is 45.1 Å². The molecular weight excluding hydrogens is 320 g/mol. The van der Waals surface area contributed by atoms with Gasteiger partial charge in [-0.3, -0.25) is 14.3 Å². The fourth-order valence-electron chi connectivity index (χ4n) is 4.08. The Morgan fingerprint density at radius 2 is 1.96 bits per heavy atom. The minimum atomic E-state index is -0.266. The molecular formula is C18H28N4O3. The number of ether oxygens (including phenoxy) is 1. The largest absolute Gasteiger partial charge is 0.377 e. The first-order chi connectivity index (χ1) is 11.9. The number of carbonyl (C=O) groups is 2. The molecule has 0 aliphatic carbocycles. The van der Waals surface area contributed by atoms with Crippen molar-refractivity contribution in [3.8, 4) is 0 Å². The second kappa shape index (κ2) is 7.15. The van der Waals surface area contributed by atoms with Gasteiger partial charge in [0.15, 0.2) is 0 Å². The highest BCUT2D eigenvalue weighted by atomic mass is 16.5. The summed E-state index contributed by atoms with van der Waals surface area (Å²) in [5, 5.41) is 4.43. The molecule has 7 nitrogen and oxygen atoms in total. The van der Waals surface area contributed by atoms with Crippen LogP contribution in [0.3, 0.4) is 0 Å². The number of aryl methyl sites for hydroxylation is 1. The molecule has 2 N–H and O–H groups in total. The molecule has 2 saturated heterocycles. The van der Waals surface area contributed by atoms with E-state index in [0.29, 0.717) is 37.6 Å². The molecule has 2 amide bonds. The number of rotatable bonds is 4. The summed E-state index contributed by atoms with van der Waals surface area (Å²) in [4.78, 5) is 26.4. The summed E-state index contributed by atoms with van der Waals surface area (Å²) < 4.78 is 7.49. The van der Waals surface area contributed by atoms with Crippen LogP contribution in [0.15, 0.2) is 6.20 Å². The third kappa shape index (κ3) is 3.56. The number of primary amides is 1. The molecule has 1 aromatic rings.